The number of likely N-dealkylation sites (tertiary alicyclic amines) is 1. The Morgan fingerprint density at radius 1 is 1.26 bits per heavy atom. The van der Waals surface area contributed by atoms with Crippen molar-refractivity contribution in [1.29, 1.82) is 0 Å². The summed E-state index contributed by atoms with van der Waals surface area (Å²) in [5.74, 6) is -0.0692. The van der Waals surface area contributed by atoms with Gasteiger partial charge in [0, 0.05) is 18.5 Å². The number of ether oxygens (including phenoxy) is 2. The number of benzene rings is 1. The molecule has 0 unspecified atom stereocenters. The normalized spacial score (nSPS) is 15.8. The van der Waals surface area contributed by atoms with Crippen molar-refractivity contribution >= 4 is 40.1 Å². The highest BCUT2D eigenvalue weighted by molar-refractivity contribution is 7.14. The molecule has 1 aliphatic heterocycles. The third kappa shape index (κ3) is 6.17. The second kappa shape index (κ2) is 10.8. The van der Waals surface area contributed by atoms with Gasteiger partial charge in [0.2, 0.25) is 5.91 Å². The fraction of sp³-hybridized carbons (Fsp3) is 0.429. The number of para-hydroxylation sites is 2. The molecule has 0 bridgehead atoms. The molecular weight excluding hydrogens is 420 g/mol. The molecule has 1 aliphatic rings. The standard InChI is InChI=1S/C21H26N4O5S/c1-3-30-19(27)14-7-6-10-25(12-14)18(26)11-15-13-31-21(22-15)24-20(28)23-16-8-4-5-9-17(16)29-2/h4-5,8-9,13-14H,3,6-7,10-12H2,1-2H3,(H2,22,23,24,28)/t14-/m0/s1. The highest BCUT2D eigenvalue weighted by Crippen LogP contribution is 2.24. The van der Waals surface area contributed by atoms with Crippen LogP contribution >= 0.6 is 11.3 Å². The van der Waals surface area contributed by atoms with Crippen LogP contribution < -0.4 is 15.4 Å². The zero-order chi connectivity index (χ0) is 22.2. The van der Waals surface area contributed by atoms with Gasteiger partial charge >= 0.3 is 12.0 Å². The van der Waals surface area contributed by atoms with Gasteiger partial charge < -0.3 is 19.7 Å². The highest BCUT2D eigenvalue weighted by Gasteiger charge is 2.29. The number of rotatable bonds is 7. The molecule has 3 rings (SSSR count). The first-order valence-electron chi connectivity index (χ1n) is 10.1. The van der Waals surface area contributed by atoms with Crippen LogP contribution in [0, 0.1) is 5.92 Å². The summed E-state index contributed by atoms with van der Waals surface area (Å²) in [6, 6.07) is 6.62. The molecule has 10 heteroatoms. The predicted octanol–water partition coefficient (Wildman–Crippen LogP) is 3.14. The second-order valence-electron chi connectivity index (χ2n) is 7.03. The van der Waals surface area contributed by atoms with Gasteiger partial charge in [-0.25, -0.2) is 9.78 Å². The van der Waals surface area contributed by atoms with Crippen molar-refractivity contribution in [2.45, 2.75) is 26.2 Å². The maximum atomic E-state index is 12.7. The maximum absolute atomic E-state index is 12.7. The molecule has 31 heavy (non-hydrogen) atoms. The molecule has 0 spiro atoms. The molecule has 1 aromatic heterocycles. The van der Waals surface area contributed by atoms with Crippen molar-refractivity contribution in [1.82, 2.24) is 9.88 Å². The largest absolute Gasteiger partial charge is 0.495 e. The van der Waals surface area contributed by atoms with Gasteiger partial charge in [-0.3, -0.25) is 14.9 Å². The number of amides is 3. The van der Waals surface area contributed by atoms with Gasteiger partial charge in [-0.05, 0) is 31.9 Å². The Balaban J connectivity index is 1.53. The Bertz CT molecular complexity index is 932. The average Bonchev–Trinajstić information content (AvgIpc) is 3.20. The summed E-state index contributed by atoms with van der Waals surface area (Å²) in [5.41, 5.74) is 1.11. The number of hydrogen-bond acceptors (Lipinski definition) is 7. The van der Waals surface area contributed by atoms with Crippen LogP contribution in [0.25, 0.3) is 0 Å². The molecule has 1 saturated heterocycles. The number of hydrogen-bond donors (Lipinski definition) is 2. The molecule has 2 aromatic rings. The number of nitrogens with one attached hydrogen (secondary N) is 2. The minimum Gasteiger partial charge on any atom is -0.495 e. The number of anilines is 2. The Hall–Kier alpha value is -3.14. The van der Waals surface area contributed by atoms with Crippen LogP contribution in [0.2, 0.25) is 0 Å². The molecule has 9 nitrogen and oxygen atoms in total. The summed E-state index contributed by atoms with van der Waals surface area (Å²) in [5, 5.41) is 7.50. The molecule has 0 saturated carbocycles. The van der Waals surface area contributed by atoms with Crippen molar-refractivity contribution in [3.8, 4) is 5.75 Å². The van der Waals surface area contributed by atoms with Gasteiger partial charge in [0.25, 0.3) is 0 Å². The van der Waals surface area contributed by atoms with Crippen molar-refractivity contribution in [3.63, 3.8) is 0 Å². The molecule has 1 atom stereocenters. The summed E-state index contributed by atoms with van der Waals surface area (Å²) in [4.78, 5) is 42.9. The summed E-state index contributed by atoms with van der Waals surface area (Å²) < 4.78 is 10.3. The average molecular weight is 447 g/mol. The molecule has 2 N–H and O–H groups in total. The molecule has 1 fully saturated rings. The first kappa shape index (κ1) is 22.5. The van der Waals surface area contributed by atoms with Gasteiger partial charge in [0.1, 0.15) is 5.75 Å². The van der Waals surface area contributed by atoms with E-state index in [4.69, 9.17) is 9.47 Å². The molecule has 3 amide bonds. The van der Waals surface area contributed by atoms with Gasteiger partial charge in [-0.2, -0.15) is 0 Å². The van der Waals surface area contributed by atoms with E-state index in [1.54, 1.807) is 35.4 Å². The van der Waals surface area contributed by atoms with E-state index in [0.717, 1.165) is 12.8 Å². The number of thiazole rings is 1. The number of piperidine rings is 1. The topological polar surface area (TPSA) is 110 Å². The molecular formula is C21H26N4O5S. The van der Waals surface area contributed by atoms with E-state index < -0.39 is 6.03 Å². The van der Waals surface area contributed by atoms with Crippen LogP contribution in [0.1, 0.15) is 25.5 Å². The molecule has 0 aliphatic carbocycles. The Kier molecular flexibility index (Phi) is 7.82. The minimum atomic E-state index is -0.454. The number of urea groups is 1. The van der Waals surface area contributed by atoms with E-state index in [2.05, 4.69) is 15.6 Å². The number of esters is 1. The van der Waals surface area contributed by atoms with Gasteiger partial charge in [-0.15, -0.1) is 11.3 Å². The first-order valence-corrected chi connectivity index (χ1v) is 11.0. The third-order valence-corrected chi connectivity index (χ3v) is 5.66. The molecule has 0 radical (unpaired) electrons. The number of methoxy groups -OCH3 is 1. The fourth-order valence-corrected chi connectivity index (χ4v) is 4.07. The van der Waals surface area contributed by atoms with Crippen LogP contribution in [0.5, 0.6) is 5.75 Å². The SMILES string of the molecule is CCOC(=O)[C@H]1CCCN(C(=O)Cc2csc(NC(=O)Nc3ccccc3OC)n2)C1. The van der Waals surface area contributed by atoms with Crippen LogP contribution in [0.15, 0.2) is 29.6 Å². The van der Waals surface area contributed by atoms with Crippen LogP contribution in [-0.4, -0.2) is 54.6 Å². The van der Waals surface area contributed by atoms with Crippen molar-refractivity contribution in [2.24, 2.45) is 5.92 Å². The number of carbonyl (C=O) groups is 3. The van der Waals surface area contributed by atoms with Gasteiger partial charge in [-0.1, -0.05) is 12.1 Å². The van der Waals surface area contributed by atoms with Crippen molar-refractivity contribution in [3.05, 3.63) is 35.3 Å². The van der Waals surface area contributed by atoms with E-state index >= 15 is 0 Å². The lowest BCUT2D eigenvalue weighted by Gasteiger charge is -2.31. The van der Waals surface area contributed by atoms with E-state index in [-0.39, 0.29) is 24.2 Å². The van der Waals surface area contributed by atoms with Gasteiger partial charge in [0.15, 0.2) is 5.13 Å². The highest BCUT2D eigenvalue weighted by atomic mass is 32.1. The number of aromatic nitrogens is 1. The third-order valence-electron chi connectivity index (χ3n) is 4.85. The quantitative estimate of drug-likeness (QED) is 0.633. The minimum absolute atomic E-state index is 0.0932. The van der Waals surface area contributed by atoms with Gasteiger partial charge in [0.05, 0.1) is 37.4 Å². The summed E-state index contributed by atoms with van der Waals surface area (Å²) in [6.45, 7) is 3.09. The summed E-state index contributed by atoms with van der Waals surface area (Å²) >= 11 is 1.24. The van der Waals surface area contributed by atoms with E-state index in [1.165, 1.54) is 18.4 Å². The van der Waals surface area contributed by atoms with Crippen molar-refractivity contribution in [2.75, 3.05) is 37.4 Å². The van der Waals surface area contributed by atoms with Crippen molar-refractivity contribution < 1.29 is 23.9 Å². The Morgan fingerprint density at radius 3 is 2.84 bits per heavy atom. The number of carbonyl (C=O) groups excluding carboxylic acids is 3. The van der Waals surface area contributed by atoms with E-state index in [1.807, 2.05) is 6.07 Å². The number of nitrogens with zero attached hydrogens (tertiary/aromatic N) is 2. The molecule has 166 valence electrons. The lowest BCUT2D eigenvalue weighted by molar-refractivity contribution is -0.151. The second-order valence-corrected chi connectivity index (χ2v) is 7.89. The van der Waals surface area contributed by atoms with E-state index in [9.17, 15) is 14.4 Å². The lowest BCUT2D eigenvalue weighted by atomic mass is 9.98. The lowest BCUT2D eigenvalue weighted by Crippen LogP contribution is -2.43. The van der Waals surface area contributed by atoms with Crippen LogP contribution in [0.4, 0.5) is 15.6 Å². The summed E-state index contributed by atoms with van der Waals surface area (Å²) in [7, 11) is 1.53. The molecule has 1 aromatic carbocycles. The predicted molar refractivity (Wildman–Crippen MR) is 117 cm³/mol. The smallest absolute Gasteiger partial charge is 0.325 e. The zero-order valence-electron chi connectivity index (χ0n) is 17.6. The van der Waals surface area contributed by atoms with Crippen LogP contribution in [-0.2, 0) is 20.7 Å². The Labute approximate surface area is 184 Å². The first-order chi connectivity index (χ1) is 15.0. The van der Waals surface area contributed by atoms with Crippen LogP contribution in [0.3, 0.4) is 0 Å². The summed E-state index contributed by atoms with van der Waals surface area (Å²) in [6.07, 6.45) is 1.61. The zero-order valence-corrected chi connectivity index (χ0v) is 18.4. The maximum Gasteiger partial charge on any atom is 0.325 e. The Morgan fingerprint density at radius 2 is 2.06 bits per heavy atom. The molecule has 2 heterocycles. The fourth-order valence-electron chi connectivity index (χ4n) is 3.37. The monoisotopic (exact) mass is 446 g/mol. The van der Waals surface area contributed by atoms with E-state index in [0.29, 0.717) is 42.0 Å².